The Kier molecular flexibility index (Phi) is 4.50. The Balaban J connectivity index is 1.50. The van der Waals surface area contributed by atoms with Gasteiger partial charge in [-0.2, -0.15) is 5.10 Å². The van der Waals surface area contributed by atoms with Crippen molar-refractivity contribution >= 4 is 23.2 Å². The van der Waals surface area contributed by atoms with Crippen LogP contribution < -0.4 is 15.0 Å². The molecule has 30 heavy (non-hydrogen) atoms. The van der Waals surface area contributed by atoms with E-state index in [2.05, 4.69) is 10.4 Å². The number of fused-ring (bicyclic) bond motifs is 1. The molecule has 1 aromatic heterocycles. The lowest BCUT2D eigenvalue weighted by molar-refractivity contribution is -0.117. The van der Waals surface area contributed by atoms with E-state index >= 15 is 0 Å². The molecule has 3 heterocycles. The molecular formula is C23H22N4O3. The fourth-order valence-corrected chi connectivity index (χ4v) is 4.31. The number of amides is 2. The molecule has 1 fully saturated rings. The number of benzene rings is 2. The first-order valence-corrected chi connectivity index (χ1v) is 10.1. The standard InChI is InChI=1S/C23H22N4O3/c1-30-21-6-3-2-5-20(21)27-14-15(13-24-27)18-12-22(28)25-19-11-16(8-9-17(18)19)26-10-4-7-23(26)29/h2-3,5-6,8-9,11,13-14,18H,4,7,10,12H2,1H3,(H,25,28). The fourth-order valence-electron chi connectivity index (χ4n) is 4.31. The van der Waals surface area contributed by atoms with Gasteiger partial charge in [-0.05, 0) is 41.8 Å². The summed E-state index contributed by atoms with van der Waals surface area (Å²) in [5, 5.41) is 7.48. The van der Waals surface area contributed by atoms with Crippen molar-refractivity contribution in [3.8, 4) is 11.4 Å². The maximum Gasteiger partial charge on any atom is 0.227 e. The lowest BCUT2D eigenvalue weighted by Gasteiger charge is -2.27. The van der Waals surface area contributed by atoms with Crippen LogP contribution in [0.2, 0.25) is 0 Å². The third kappa shape index (κ3) is 3.12. The zero-order valence-corrected chi connectivity index (χ0v) is 16.7. The van der Waals surface area contributed by atoms with Gasteiger partial charge in [-0.3, -0.25) is 9.59 Å². The summed E-state index contributed by atoms with van der Waals surface area (Å²) in [6.45, 7) is 0.723. The van der Waals surface area contributed by atoms with E-state index < -0.39 is 0 Å². The SMILES string of the molecule is COc1ccccc1-n1cc(C2CC(=O)Nc3cc(N4CCCC4=O)ccc32)cn1. The number of nitrogens with one attached hydrogen (secondary N) is 1. The van der Waals surface area contributed by atoms with Gasteiger partial charge in [0, 0.05) is 42.9 Å². The van der Waals surface area contributed by atoms with Crippen molar-refractivity contribution in [3.63, 3.8) is 0 Å². The smallest absolute Gasteiger partial charge is 0.227 e. The molecular weight excluding hydrogens is 380 g/mol. The highest BCUT2D eigenvalue weighted by Crippen LogP contribution is 2.39. The second-order valence-corrected chi connectivity index (χ2v) is 7.62. The minimum Gasteiger partial charge on any atom is -0.494 e. The molecule has 1 saturated heterocycles. The summed E-state index contributed by atoms with van der Waals surface area (Å²) in [5.41, 5.74) is 4.43. The van der Waals surface area contributed by atoms with Crippen molar-refractivity contribution in [2.75, 3.05) is 23.9 Å². The van der Waals surface area contributed by atoms with Crippen LogP contribution in [0.25, 0.3) is 5.69 Å². The number of hydrogen-bond donors (Lipinski definition) is 1. The average molecular weight is 402 g/mol. The molecule has 0 spiro atoms. The number of aromatic nitrogens is 2. The Bertz CT molecular complexity index is 1140. The molecule has 1 unspecified atom stereocenters. The van der Waals surface area contributed by atoms with Crippen molar-refractivity contribution in [1.82, 2.24) is 9.78 Å². The Labute approximate surface area is 174 Å². The van der Waals surface area contributed by atoms with Crippen LogP contribution in [0.5, 0.6) is 5.75 Å². The number of anilines is 2. The Hall–Kier alpha value is -3.61. The van der Waals surface area contributed by atoms with Gasteiger partial charge in [-0.15, -0.1) is 0 Å². The average Bonchev–Trinajstić information content (AvgIpc) is 3.42. The molecule has 0 saturated carbocycles. The van der Waals surface area contributed by atoms with Crippen LogP contribution in [0.15, 0.2) is 54.9 Å². The molecule has 0 aliphatic carbocycles. The Morgan fingerprint density at radius 1 is 1.17 bits per heavy atom. The summed E-state index contributed by atoms with van der Waals surface area (Å²) < 4.78 is 7.22. The van der Waals surface area contributed by atoms with Crippen LogP contribution in [0.1, 0.15) is 36.3 Å². The number of hydrogen-bond acceptors (Lipinski definition) is 4. The lowest BCUT2D eigenvalue weighted by atomic mass is 9.86. The molecule has 0 radical (unpaired) electrons. The summed E-state index contributed by atoms with van der Waals surface area (Å²) in [5.74, 6) is 0.726. The van der Waals surface area contributed by atoms with Gasteiger partial charge in [0.25, 0.3) is 0 Å². The topological polar surface area (TPSA) is 76.5 Å². The van der Waals surface area contributed by atoms with Crippen LogP contribution in [0.3, 0.4) is 0 Å². The number of carbonyl (C=O) groups is 2. The number of para-hydroxylation sites is 2. The second-order valence-electron chi connectivity index (χ2n) is 7.62. The monoisotopic (exact) mass is 402 g/mol. The zero-order valence-electron chi connectivity index (χ0n) is 16.7. The van der Waals surface area contributed by atoms with Gasteiger partial charge in [-0.1, -0.05) is 18.2 Å². The van der Waals surface area contributed by atoms with E-state index in [1.807, 2.05) is 48.7 Å². The number of rotatable bonds is 4. The van der Waals surface area contributed by atoms with Crippen LogP contribution in [0.4, 0.5) is 11.4 Å². The second kappa shape index (κ2) is 7.33. The fraction of sp³-hybridized carbons (Fsp3) is 0.261. The highest BCUT2D eigenvalue weighted by atomic mass is 16.5. The molecule has 7 nitrogen and oxygen atoms in total. The zero-order chi connectivity index (χ0) is 20.7. The number of ether oxygens (including phenoxy) is 1. The Morgan fingerprint density at radius 2 is 2.03 bits per heavy atom. The summed E-state index contributed by atoms with van der Waals surface area (Å²) in [7, 11) is 1.63. The number of carbonyl (C=O) groups excluding carboxylic acids is 2. The van der Waals surface area contributed by atoms with Crippen molar-refractivity contribution in [1.29, 1.82) is 0 Å². The van der Waals surface area contributed by atoms with E-state index in [9.17, 15) is 9.59 Å². The molecule has 3 aromatic rings. The number of methoxy groups -OCH3 is 1. The van der Waals surface area contributed by atoms with E-state index in [1.165, 1.54) is 0 Å². The highest BCUT2D eigenvalue weighted by molar-refractivity contribution is 5.99. The van der Waals surface area contributed by atoms with Crippen molar-refractivity contribution in [2.24, 2.45) is 0 Å². The van der Waals surface area contributed by atoms with E-state index in [0.29, 0.717) is 12.8 Å². The third-order valence-corrected chi connectivity index (χ3v) is 5.80. The van der Waals surface area contributed by atoms with Gasteiger partial charge in [0.2, 0.25) is 11.8 Å². The molecule has 0 bridgehead atoms. The number of nitrogens with zero attached hydrogens (tertiary/aromatic N) is 3. The van der Waals surface area contributed by atoms with Crippen molar-refractivity contribution in [2.45, 2.75) is 25.2 Å². The first-order chi connectivity index (χ1) is 14.6. The van der Waals surface area contributed by atoms with Gasteiger partial charge < -0.3 is 15.0 Å². The molecule has 152 valence electrons. The molecule has 1 atom stereocenters. The van der Waals surface area contributed by atoms with Crippen LogP contribution in [-0.4, -0.2) is 35.2 Å². The summed E-state index contributed by atoms with van der Waals surface area (Å²) in [6, 6.07) is 13.6. The molecule has 7 heteroatoms. The molecule has 1 N–H and O–H groups in total. The maximum atomic E-state index is 12.4. The molecule has 2 amide bonds. The van der Waals surface area contributed by atoms with Crippen LogP contribution >= 0.6 is 0 Å². The molecule has 2 aliphatic rings. The summed E-state index contributed by atoms with van der Waals surface area (Å²) in [4.78, 5) is 26.3. The lowest BCUT2D eigenvalue weighted by Crippen LogP contribution is -2.26. The van der Waals surface area contributed by atoms with Crippen LogP contribution in [-0.2, 0) is 9.59 Å². The largest absolute Gasteiger partial charge is 0.494 e. The van der Waals surface area contributed by atoms with Gasteiger partial charge in [0.05, 0.1) is 13.3 Å². The van der Waals surface area contributed by atoms with Gasteiger partial charge in [-0.25, -0.2) is 4.68 Å². The van der Waals surface area contributed by atoms with E-state index in [0.717, 1.165) is 46.9 Å². The van der Waals surface area contributed by atoms with Crippen molar-refractivity contribution in [3.05, 3.63) is 66.0 Å². The van der Waals surface area contributed by atoms with Gasteiger partial charge in [0.1, 0.15) is 11.4 Å². The van der Waals surface area contributed by atoms with Gasteiger partial charge >= 0.3 is 0 Å². The molecule has 2 aromatic carbocycles. The minimum absolute atomic E-state index is 0.0394. The first kappa shape index (κ1) is 18.4. The minimum atomic E-state index is -0.0967. The summed E-state index contributed by atoms with van der Waals surface area (Å²) >= 11 is 0. The predicted octanol–water partition coefficient (Wildman–Crippen LogP) is 3.48. The van der Waals surface area contributed by atoms with E-state index in [4.69, 9.17) is 4.74 Å². The van der Waals surface area contributed by atoms with E-state index in [1.54, 1.807) is 22.9 Å². The third-order valence-electron chi connectivity index (χ3n) is 5.80. The molecule has 5 rings (SSSR count). The van der Waals surface area contributed by atoms with E-state index in [-0.39, 0.29) is 17.7 Å². The van der Waals surface area contributed by atoms with Crippen molar-refractivity contribution < 1.29 is 14.3 Å². The maximum absolute atomic E-state index is 12.4. The quantitative estimate of drug-likeness (QED) is 0.725. The van der Waals surface area contributed by atoms with Crippen LogP contribution in [0, 0.1) is 0 Å². The van der Waals surface area contributed by atoms with Gasteiger partial charge in [0.15, 0.2) is 0 Å². The normalized spacial score (nSPS) is 18.3. The molecule has 2 aliphatic heterocycles. The summed E-state index contributed by atoms with van der Waals surface area (Å²) in [6.07, 6.45) is 5.55. The highest BCUT2D eigenvalue weighted by Gasteiger charge is 2.29. The first-order valence-electron chi connectivity index (χ1n) is 10.1. The Morgan fingerprint density at radius 3 is 2.83 bits per heavy atom. The predicted molar refractivity (Wildman–Crippen MR) is 113 cm³/mol.